The van der Waals surface area contributed by atoms with Crippen LogP contribution in [0.15, 0.2) is 18.2 Å². The van der Waals surface area contributed by atoms with Gasteiger partial charge in [-0.15, -0.1) is 0 Å². The van der Waals surface area contributed by atoms with E-state index in [0.717, 1.165) is 38.1 Å². The standard InChI is InChI=1S/C15H20ClF3N2/c1-10(11-5-7-21(2)8-6-11)20-14-9-12(15(17,18)19)3-4-13(14)16/h3-4,9-11,20H,5-8H2,1-2H3. The molecule has 1 unspecified atom stereocenters. The van der Waals surface area contributed by atoms with E-state index in [-0.39, 0.29) is 6.04 Å². The third-order valence-electron chi connectivity index (χ3n) is 4.15. The molecule has 2 rings (SSSR count). The molecule has 1 aliphatic rings. The first-order valence-corrected chi connectivity index (χ1v) is 7.47. The summed E-state index contributed by atoms with van der Waals surface area (Å²) in [7, 11) is 2.08. The number of hydrogen-bond acceptors (Lipinski definition) is 2. The van der Waals surface area contributed by atoms with Gasteiger partial charge in [-0.25, -0.2) is 0 Å². The van der Waals surface area contributed by atoms with Crippen molar-refractivity contribution >= 4 is 17.3 Å². The fourth-order valence-electron chi connectivity index (χ4n) is 2.70. The maximum Gasteiger partial charge on any atom is 0.416 e. The zero-order valence-electron chi connectivity index (χ0n) is 12.2. The average molecular weight is 321 g/mol. The molecule has 0 aliphatic carbocycles. The maximum absolute atomic E-state index is 12.8. The summed E-state index contributed by atoms with van der Waals surface area (Å²) in [5.74, 6) is 0.451. The lowest BCUT2D eigenvalue weighted by atomic mass is 9.90. The van der Waals surface area contributed by atoms with E-state index in [1.165, 1.54) is 6.07 Å². The minimum atomic E-state index is -4.35. The van der Waals surface area contributed by atoms with E-state index in [9.17, 15) is 13.2 Å². The Morgan fingerprint density at radius 3 is 2.48 bits per heavy atom. The minimum Gasteiger partial charge on any atom is -0.381 e. The highest BCUT2D eigenvalue weighted by molar-refractivity contribution is 6.33. The first-order valence-electron chi connectivity index (χ1n) is 7.09. The van der Waals surface area contributed by atoms with Crippen LogP contribution in [0.25, 0.3) is 0 Å². The SMILES string of the molecule is CC(Nc1cc(C(F)(F)F)ccc1Cl)C1CCN(C)CC1. The Hall–Kier alpha value is -0.940. The van der Waals surface area contributed by atoms with Crippen molar-refractivity contribution in [1.82, 2.24) is 4.90 Å². The van der Waals surface area contributed by atoms with Crippen molar-refractivity contribution in [3.05, 3.63) is 28.8 Å². The number of hydrogen-bond donors (Lipinski definition) is 1. The summed E-state index contributed by atoms with van der Waals surface area (Å²) in [6.45, 7) is 4.05. The third kappa shape index (κ3) is 4.27. The van der Waals surface area contributed by atoms with Crippen LogP contribution in [-0.2, 0) is 6.18 Å². The van der Waals surface area contributed by atoms with Gasteiger partial charge in [0.2, 0.25) is 0 Å². The fourth-order valence-corrected chi connectivity index (χ4v) is 2.88. The number of alkyl halides is 3. The second-order valence-corrected chi connectivity index (χ2v) is 6.17. The highest BCUT2D eigenvalue weighted by atomic mass is 35.5. The highest BCUT2D eigenvalue weighted by Crippen LogP contribution is 2.34. The van der Waals surface area contributed by atoms with Crippen molar-refractivity contribution in [2.75, 3.05) is 25.5 Å². The van der Waals surface area contributed by atoms with Gasteiger partial charge in [-0.05, 0) is 64.0 Å². The lowest BCUT2D eigenvalue weighted by Gasteiger charge is -2.33. The molecule has 118 valence electrons. The molecule has 1 fully saturated rings. The molecule has 1 heterocycles. The summed E-state index contributed by atoms with van der Waals surface area (Å²) in [5.41, 5.74) is -0.317. The van der Waals surface area contributed by atoms with Gasteiger partial charge in [-0.2, -0.15) is 13.2 Å². The van der Waals surface area contributed by atoms with Crippen LogP contribution in [0.3, 0.4) is 0 Å². The zero-order valence-corrected chi connectivity index (χ0v) is 12.9. The van der Waals surface area contributed by atoms with E-state index in [2.05, 4.69) is 17.3 Å². The number of nitrogens with zero attached hydrogens (tertiary/aromatic N) is 1. The molecule has 21 heavy (non-hydrogen) atoms. The summed E-state index contributed by atoms with van der Waals surface area (Å²) in [5, 5.41) is 3.48. The van der Waals surface area contributed by atoms with E-state index in [1.807, 2.05) is 6.92 Å². The molecule has 0 radical (unpaired) electrons. The molecule has 1 N–H and O–H groups in total. The van der Waals surface area contributed by atoms with Crippen molar-refractivity contribution in [1.29, 1.82) is 0 Å². The monoisotopic (exact) mass is 320 g/mol. The topological polar surface area (TPSA) is 15.3 Å². The van der Waals surface area contributed by atoms with Crippen LogP contribution in [-0.4, -0.2) is 31.1 Å². The van der Waals surface area contributed by atoms with Crippen LogP contribution in [0.4, 0.5) is 18.9 Å². The van der Waals surface area contributed by atoms with Crippen molar-refractivity contribution in [3.8, 4) is 0 Å². The number of nitrogens with one attached hydrogen (secondary N) is 1. The molecule has 0 aromatic heterocycles. The number of likely N-dealkylation sites (tertiary alicyclic amines) is 1. The molecular formula is C15H20ClF3N2. The predicted octanol–water partition coefficient (Wildman–Crippen LogP) is 4.50. The van der Waals surface area contributed by atoms with Gasteiger partial charge in [-0.3, -0.25) is 0 Å². The lowest BCUT2D eigenvalue weighted by Crippen LogP contribution is -2.37. The quantitative estimate of drug-likeness (QED) is 0.882. The van der Waals surface area contributed by atoms with Gasteiger partial charge in [0.1, 0.15) is 0 Å². The number of piperidine rings is 1. The normalized spacial score (nSPS) is 19.5. The molecule has 6 heteroatoms. The summed E-state index contributed by atoms with van der Waals surface area (Å²) in [4.78, 5) is 2.26. The number of anilines is 1. The van der Waals surface area contributed by atoms with Gasteiger partial charge >= 0.3 is 6.18 Å². The van der Waals surface area contributed by atoms with Crippen LogP contribution >= 0.6 is 11.6 Å². The van der Waals surface area contributed by atoms with E-state index < -0.39 is 11.7 Å². The number of rotatable bonds is 3. The van der Waals surface area contributed by atoms with Gasteiger partial charge < -0.3 is 10.2 Å². The Morgan fingerprint density at radius 1 is 1.29 bits per heavy atom. The van der Waals surface area contributed by atoms with Crippen LogP contribution in [0, 0.1) is 5.92 Å². The molecule has 0 amide bonds. The van der Waals surface area contributed by atoms with E-state index in [4.69, 9.17) is 11.6 Å². The Bertz CT molecular complexity index is 482. The van der Waals surface area contributed by atoms with Crippen LogP contribution in [0.2, 0.25) is 5.02 Å². The van der Waals surface area contributed by atoms with Gasteiger partial charge in [0.05, 0.1) is 16.3 Å². The fraction of sp³-hybridized carbons (Fsp3) is 0.600. The first kappa shape index (κ1) is 16.4. The molecule has 1 aromatic rings. The second kappa shape index (κ2) is 6.44. The van der Waals surface area contributed by atoms with E-state index in [1.54, 1.807) is 0 Å². The first-order chi connectivity index (χ1) is 9.77. The maximum atomic E-state index is 12.8. The largest absolute Gasteiger partial charge is 0.416 e. The van der Waals surface area contributed by atoms with Gasteiger partial charge in [0, 0.05) is 6.04 Å². The Balaban J connectivity index is 2.08. The summed E-state index contributed by atoms with van der Waals surface area (Å²) >= 11 is 6.01. The van der Waals surface area contributed by atoms with Crippen LogP contribution in [0.1, 0.15) is 25.3 Å². The lowest BCUT2D eigenvalue weighted by molar-refractivity contribution is -0.137. The molecule has 1 saturated heterocycles. The Kier molecular flexibility index (Phi) is 5.04. The summed E-state index contributed by atoms with van der Waals surface area (Å²) < 4.78 is 38.3. The number of benzene rings is 1. The van der Waals surface area contributed by atoms with E-state index >= 15 is 0 Å². The summed E-state index contributed by atoms with van der Waals surface area (Å²) in [6, 6.07) is 3.50. The van der Waals surface area contributed by atoms with Crippen LogP contribution in [0.5, 0.6) is 0 Å². The third-order valence-corrected chi connectivity index (χ3v) is 4.48. The smallest absolute Gasteiger partial charge is 0.381 e. The molecule has 0 saturated carbocycles. The van der Waals surface area contributed by atoms with Gasteiger partial charge in [-0.1, -0.05) is 11.6 Å². The molecular weight excluding hydrogens is 301 g/mol. The van der Waals surface area contributed by atoms with Crippen molar-refractivity contribution in [2.45, 2.75) is 32.0 Å². The number of halogens is 4. The molecule has 2 nitrogen and oxygen atoms in total. The molecule has 0 spiro atoms. The predicted molar refractivity (Wildman–Crippen MR) is 79.8 cm³/mol. The van der Waals surface area contributed by atoms with Gasteiger partial charge in [0.25, 0.3) is 0 Å². The molecule has 1 atom stereocenters. The minimum absolute atomic E-state index is 0.0969. The highest BCUT2D eigenvalue weighted by Gasteiger charge is 2.31. The van der Waals surface area contributed by atoms with E-state index in [0.29, 0.717) is 16.6 Å². The molecule has 1 aromatic carbocycles. The van der Waals surface area contributed by atoms with Crippen molar-refractivity contribution < 1.29 is 13.2 Å². The average Bonchev–Trinajstić information content (AvgIpc) is 2.40. The Morgan fingerprint density at radius 2 is 1.90 bits per heavy atom. The summed E-state index contributed by atoms with van der Waals surface area (Å²) in [6.07, 6.45) is -2.26. The molecule has 0 bridgehead atoms. The second-order valence-electron chi connectivity index (χ2n) is 5.77. The Labute approximate surface area is 128 Å². The van der Waals surface area contributed by atoms with Crippen molar-refractivity contribution in [3.63, 3.8) is 0 Å². The van der Waals surface area contributed by atoms with Gasteiger partial charge in [0.15, 0.2) is 0 Å². The zero-order chi connectivity index (χ0) is 15.6. The van der Waals surface area contributed by atoms with Crippen molar-refractivity contribution in [2.24, 2.45) is 5.92 Å². The van der Waals surface area contributed by atoms with Crippen LogP contribution < -0.4 is 5.32 Å². The molecule has 1 aliphatic heterocycles.